The van der Waals surface area contributed by atoms with Gasteiger partial charge in [0.25, 0.3) is 0 Å². The quantitative estimate of drug-likeness (QED) is 0.0873. The van der Waals surface area contributed by atoms with Gasteiger partial charge in [0.1, 0.15) is 30.2 Å². The minimum atomic E-state index is -1.48. The second-order valence-electron chi connectivity index (χ2n) is 23.6. The lowest BCUT2D eigenvalue weighted by Crippen LogP contribution is -2.79. The molecular weight excluding hydrogens is 865 g/mol. The maximum Gasteiger partial charge on any atom is 0.339 e. The number of aliphatic hydroxyl groups excluding tert-OH is 3. The van der Waals surface area contributed by atoms with Crippen molar-refractivity contribution in [3.8, 4) is 0 Å². The summed E-state index contributed by atoms with van der Waals surface area (Å²) in [5.41, 5.74) is -3.47. The van der Waals surface area contributed by atoms with Crippen molar-refractivity contribution in [2.45, 2.75) is 159 Å². The number of hydrogen-bond donors (Lipinski definition) is 5. The Labute approximate surface area is 400 Å². The first-order valence-electron chi connectivity index (χ1n) is 26.2. The number of aliphatic hydroxyl groups is 3. The molecule has 18 atom stereocenters. The molecule has 5 saturated heterocycles. The van der Waals surface area contributed by atoms with Gasteiger partial charge in [-0.15, -0.1) is 0 Å². The fourth-order valence-corrected chi connectivity index (χ4v) is 16.9. The minimum absolute atomic E-state index is 0.0136. The topological polar surface area (TPSA) is 189 Å². The molecule has 0 unspecified atom stereocenters. The number of allylic oxidation sites excluding steroid dienone is 1. The van der Waals surface area contributed by atoms with Gasteiger partial charge in [-0.2, -0.15) is 0 Å². The number of ether oxygens (including phenoxy) is 4. The van der Waals surface area contributed by atoms with E-state index in [0.717, 1.165) is 64.6 Å². The molecule has 5 N–H and O–H groups in total. The van der Waals surface area contributed by atoms with Crippen molar-refractivity contribution >= 4 is 17.7 Å². The third kappa shape index (κ3) is 6.89. The highest BCUT2D eigenvalue weighted by Gasteiger charge is 2.93. The average Bonchev–Trinajstić information content (AvgIpc) is 3.59. The van der Waals surface area contributed by atoms with Crippen LogP contribution in [0, 0.1) is 63.6 Å². The minimum Gasteiger partial charge on any atom is -0.469 e. The van der Waals surface area contributed by atoms with E-state index in [0.29, 0.717) is 54.9 Å². The Bertz CT molecular complexity index is 2260. The molecule has 13 heteroatoms. The SMILES string of the molecule is CC(C)CC[C@]1(C)O[C@H]2CC(=O)OC[C@]23[C@H]2CC[C@@]4(C)[C@H](c5ccoc5C[C@H]([C@H](O)CO)[C@H]5C=C[C@H]([C@@H]6CNCN6)CC5)OC(=O)[C@H]5O[C@]54[C@]2([C@H]2CCC[C@H](Cc4ccccc4)C2)[C@H](O)C(=O)[C@@H]31. The van der Waals surface area contributed by atoms with E-state index in [9.17, 15) is 24.9 Å². The summed E-state index contributed by atoms with van der Waals surface area (Å²) in [4.78, 5) is 44.3. The first-order chi connectivity index (χ1) is 32.7. The van der Waals surface area contributed by atoms with E-state index in [1.54, 1.807) is 6.26 Å². The van der Waals surface area contributed by atoms with Crippen LogP contribution in [0.2, 0.25) is 0 Å². The Balaban J connectivity index is 1.01. The van der Waals surface area contributed by atoms with Crippen LogP contribution in [0.5, 0.6) is 0 Å². The van der Waals surface area contributed by atoms with Crippen LogP contribution in [0.25, 0.3) is 0 Å². The zero-order valence-electron chi connectivity index (χ0n) is 40.4. The molecule has 370 valence electrons. The molecule has 68 heavy (non-hydrogen) atoms. The molecular formula is C55H74N2O11. The van der Waals surface area contributed by atoms with Crippen LogP contribution in [0.1, 0.15) is 121 Å². The van der Waals surface area contributed by atoms with E-state index in [-0.39, 0.29) is 54.4 Å². The number of carbonyl (C=O) groups is 3. The Morgan fingerprint density at radius 2 is 1.78 bits per heavy atom. The van der Waals surface area contributed by atoms with Crippen molar-refractivity contribution in [3.05, 3.63) is 71.7 Å². The van der Waals surface area contributed by atoms with Gasteiger partial charge in [-0.25, -0.2) is 4.79 Å². The van der Waals surface area contributed by atoms with Crippen molar-refractivity contribution in [3.63, 3.8) is 0 Å². The number of hydrogen-bond acceptors (Lipinski definition) is 13. The lowest BCUT2D eigenvalue weighted by atomic mass is 9.32. The third-order valence-corrected chi connectivity index (χ3v) is 19.9. The molecule has 11 rings (SSSR count). The molecule has 2 spiro atoms. The monoisotopic (exact) mass is 939 g/mol. The fourth-order valence-electron chi connectivity index (χ4n) is 16.9. The van der Waals surface area contributed by atoms with E-state index in [1.165, 1.54) is 5.56 Å². The molecule has 0 radical (unpaired) electrons. The number of nitrogens with one attached hydrogen (secondary N) is 2. The second-order valence-corrected chi connectivity index (χ2v) is 23.6. The summed E-state index contributed by atoms with van der Waals surface area (Å²) in [7, 11) is 0. The van der Waals surface area contributed by atoms with Gasteiger partial charge in [0, 0.05) is 53.4 Å². The summed E-state index contributed by atoms with van der Waals surface area (Å²) in [6, 6.07) is 12.7. The molecule has 0 amide bonds. The molecule has 5 aliphatic heterocycles. The summed E-state index contributed by atoms with van der Waals surface area (Å²) in [5.74, 6) is -1.31. The maximum absolute atomic E-state index is 16.0. The van der Waals surface area contributed by atoms with Gasteiger partial charge in [-0.05, 0) is 112 Å². The number of esters is 2. The highest BCUT2D eigenvalue weighted by Crippen LogP contribution is 2.83. The van der Waals surface area contributed by atoms with E-state index in [2.05, 4.69) is 67.8 Å². The summed E-state index contributed by atoms with van der Waals surface area (Å²) in [6.45, 7) is 9.78. The van der Waals surface area contributed by atoms with Crippen LogP contribution in [0.15, 0.2) is 59.2 Å². The number of carbonyl (C=O) groups excluding carboxylic acids is 3. The fraction of sp³-hybridized carbons (Fsp3) is 0.727. The van der Waals surface area contributed by atoms with Gasteiger partial charge in [0.15, 0.2) is 11.9 Å². The molecule has 9 aliphatic rings. The molecule has 13 nitrogen and oxygen atoms in total. The number of rotatable bonds is 13. The molecule has 3 saturated carbocycles. The second kappa shape index (κ2) is 17.4. The number of cyclic esters (lactones) is 2. The van der Waals surface area contributed by atoms with Gasteiger partial charge < -0.3 is 44.0 Å². The first-order valence-corrected chi connectivity index (χ1v) is 26.2. The molecule has 4 aliphatic carbocycles. The van der Waals surface area contributed by atoms with Gasteiger partial charge in [-0.1, -0.05) is 76.1 Å². The average molecular weight is 939 g/mol. The predicted octanol–water partition coefficient (Wildman–Crippen LogP) is 6.17. The zero-order chi connectivity index (χ0) is 47.4. The first kappa shape index (κ1) is 46.9. The van der Waals surface area contributed by atoms with Gasteiger partial charge in [0.2, 0.25) is 0 Å². The Morgan fingerprint density at radius 1 is 0.956 bits per heavy atom. The third-order valence-electron chi connectivity index (χ3n) is 19.9. The largest absolute Gasteiger partial charge is 0.469 e. The summed E-state index contributed by atoms with van der Waals surface area (Å²) in [5, 5.41) is 42.5. The summed E-state index contributed by atoms with van der Waals surface area (Å²) < 4.78 is 33.5. The van der Waals surface area contributed by atoms with Crippen LogP contribution in [-0.4, -0.2) is 101 Å². The van der Waals surface area contributed by atoms with Crippen LogP contribution in [0.4, 0.5) is 0 Å². The molecule has 1 aromatic heterocycles. The molecule has 0 bridgehead atoms. The van der Waals surface area contributed by atoms with E-state index in [1.807, 2.05) is 19.1 Å². The van der Waals surface area contributed by atoms with Crippen LogP contribution < -0.4 is 10.6 Å². The Hall–Kier alpha value is -3.43. The van der Waals surface area contributed by atoms with Crippen molar-refractivity contribution in [2.24, 2.45) is 63.6 Å². The highest BCUT2D eigenvalue weighted by molar-refractivity contribution is 5.92. The summed E-state index contributed by atoms with van der Waals surface area (Å²) >= 11 is 0. The van der Waals surface area contributed by atoms with E-state index < -0.39 is 76.5 Å². The molecule has 6 heterocycles. The zero-order valence-corrected chi connectivity index (χ0v) is 40.4. The molecule has 8 fully saturated rings. The molecule has 2 aromatic rings. The Kier molecular flexibility index (Phi) is 12.0. The smallest absolute Gasteiger partial charge is 0.339 e. The number of furan rings is 1. The lowest BCUT2D eigenvalue weighted by Gasteiger charge is -2.70. The van der Waals surface area contributed by atoms with Crippen molar-refractivity contribution < 1.29 is 53.1 Å². The predicted molar refractivity (Wildman–Crippen MR) is 249 cm³/mol. The van der Waals surface area contributed by atoms with Gasteiger partial charge >= 0.3 is 11.9 Å². The lowest BCUT2D eigenvalue weighted by molar-refractivity contribution is -0.276. The maximum atomic E-state index is 16.0. The highest BCUT2D eigenvalue weighted by atomic mass is 16.7. The standard InChI is InChI=1S/C55H74N2O11/c1-31(2)17-21-52(4)46-45(61)47(62)54(36-12-8-11-33(24-36)23-32-9-6-5-7-10-32)42(53(46)29-65-44(60)26-43(53)67-52)18-20-51(3)48(66-50(63)49-55(51,54)68-49)37-19-22-64-41(37)25-38(40(59)28-58)34-13-15-35(16-14-34)39-27-56-30-57-39/h5-7,9-10,13,15,19,22,31,33-36,38-40,42-43,46-49,56-59,62H,8,11-12,14,16-18,20-21,23-30H2,1-4H3/t33-,34+,35+,36+,38+,39+,40-,42-,43+,46-,47-,48+,49-,51+,52+,53+,54+,55-/m1/s1. The van der Waals surface area contributed by atoms with Gasteiger partial charge in [0.05, 0.1) is 43.0 Å². The van der Waals surface area contributed by atoms with Crippen molar-refractivity contribution in [2.75, 3.05) is 26.4 Å². The number of benzene rings is 1. The summed E-state index contributed by atoms with van der Waals surface area (Å²) in [6.07, 6.45) is 9.96. The normalized spacial score (nSPS) is 44.8. The Morgan fingerprint density at radius 3 is 2.51 bits per heavy atom. The number of epoxide rings is 1. The van der Waals surface area contributed by atoms with Crippen molar-refractivity contribution in [1.82, 2.24) is 10.6 Å². The number of fused-ring (bicyclic) bond motifs is 1. The van der Waals surface area contributed by atoms with Crippen LogP contribution in [0.3, 0.4) is 0 Å². The number of Topliss-reactive ketones (excluding diaryl/α,β-unsaturated/α-hetero) is 1. The van der Waals surface area contributed by atoms with Crippen LogP contribution in [-0.2, 0) is 46.2 Å². The number of ketones is 1. The van der Waals surface area contributed by atoms with Gasteiger partial charge in [-0.3, -0.25) is 14.9 Å². The van der Waals surface area contributed by atoms with Crippen LogP contribution >= 0.6 is 0 Å². The van der Waals surface area contributed by atoms with E-state index >= 15 is 4.79 Å². The van der Waals surface area contributed by atoms with Crippen molar-refractivity contribution in [1.29, 1.82) is 0 Å². The van der Waals surface area contributed by atoms with E-state index in [4.69, 9.17) is 23.4 Å². The molecule has 1 aromatic carbocycles.